The summed E-state index contributed by atoms with van der Waals surface area (Å²) in [4.78, 5) is 27.2. The summed E-state index contributed by atoms with van der Waals surface area (Å²) in [5.74, 6) is -1.03. The molecule has 146 valence electrons. The number of esters is 1. The van der Waals surface area contributed by atoms with Crippen molar-refractivity contribution in [2.75, 3.05) is 13.7 Å². The number of aryl methyl sites for hydroxylation is 1. The summed E-state index contributed by atoms with van der Waals surface area (Å²) in [6.45, 7) is 5.77. The summed E-state index contributed by atoms with van der Waals surface area (Å²) >= 11 is 0. The third-order valence-electron chi connectivity index (χ3n) is 3.64. The van der Waals surface area contributed by atoms with Gasteiger partial charge in [0.25, 0.3) is 0 Å². The molecule has 0 fully saturated rings. The Labute approximate surface area is 157 Å². The van der Waals surface area contributed by atoms with Crippen LogP contribution >= 0.6 is 0 Å². The molecule has 0 unspecified atom stereocenters. The zero-order chi connectivity index (χ0) is 20.2. The van der Waals surface area contributed by atoms with Gasteiger partial charge >= 0.3 is 12.1 Å². The minimum atomic E-state index is -0.705. The van der Waals surface area contributed by atoms with Gasteiger partial charge in [0.05, 0.1) is 7.11 Å². The molecule has 1 aromatic carbocycles. The van der Waals surface area contributed by atoms with E-state index in [2.05, 4.69) is 15.0 Å². The number of nitrogens with zero attached hydrogens (tertiary/aromatic N) is 1. The number of benzene rings is 1. The second kappa shape index (κ2) is 8.11. The van der Waals surface area contributed by atoms with Crippen LogP contribution in [0.5, 0.6) is 11.5 Å². The van der Waals surface area contributed by atoms with Crippen molar-refractivity contribution < 1.29 is 29.3 Å². The van der Waals surface area contributed by atoms with Crippen molar-refractivity contribution >= 4 is 23.0 Å². The number of nitrogens with one attached hydrogen (secondary N) is 1. The van der Waals surface area contributed by atoms with E-state index in [-0.39, 0.29) is 22.7 Å². The predicted octanol–water partition coefficient (Wildman–Crippen LogP) is 2.89. The summed E-state index contributed by atoms with van der Waals surface area (Å²) in [6.07, 6.45) is 0.678. The smallest absolute Gasteiger partial charge is 0.407 e. The quantitative estimate of drug-likeness (QED) is 0.542. The molecule has 8 nitrogen and oxygen atoms in total. The maximum Gasteiger partial charge on any atom is 0.407 e. The van der Waals surface area contributed by atoms with E-state index in [1.807, 2.05) is 0 Å². The molecule has 0 saturated carbocycles. The van der Waals surface area contributed by atoms with Crippen molar-refractivity contribution in [3.63, 3.8) is 0 Å². The van der Waals surface area contributed by atoms with Gasteiger partial charge in [0.2, 0.25) is 0 Å². The number of methoxy groups -OCH3 is 1. The average Bonchev–Trinajstić information content (AvgIpc) is 2.57. The lowest BCUT2D eigenvalue weighted by atomic mass is 10.0. The standard InChI is InChI=1S/C19H24N2O6/c1-19(2,3)27-18(25)20-7-5-6-11-8-12-14(22)10-13(17(24)26-4)21-16(12)15(23)9-11/h8-10,23H,5-7H2,1-4H3,(H,20,25)(H,21,22). The highest BCUT2D eigenvalue weighted by atomic mass is 16.6. The molecule has 1 aromatic heterocycles. The Hall–Kier alpha value is -3.03. The van der Waals surface area contributed by atoms with Crippen LogP contribution in [0.25, 0.3) is 10.9 Å². The van der Waals surface area contributed by atoms with Crippen LogP contribution < -0.4 is 5.32 Å². The highest BCUT2D eigenvalue weighted by Crippen LogP contribution is 2.32. The summed E-state index contributed by atoms with van der Waals surface area (Å²) < 4.78 is 9.73. The second-order valence-corrected chi connectivity index (χ2v) is 7.06. The Morgan fingerprint density at radius 3 is 2.48 bits per heavy atom. The largest absolute Gasteiger partial charge is 0.507 e. The van der Waals surface area contributed by atoms with E-state index in [4.69, 9.17) is 4.74 Å². The molecular weight excluding hydrogens is 352 g/mol. The van der Waals surface area contributed by atoms with Gasteiger partial charge in [-0.25, -0.2) is 14.6 Å². The van der Waals surface area contributed by atoms with Crippen LogP contribution in [-0.4, -0.2) is 46.5 Å². The van der Waals surface area contributed by atoms with Crippen LogP contribution in [0.3, 0.4) is 0 Å². The van der Waals surface area contributed by atoms with Crippen LogP contribution in [0, 0.1) is 0 Å². The average molecular weight is 376 g/mol. The Morgan fingerprint density at radius 2 is 1.85 bits per heavy atom. The molecule has 0 radical (unpaired) electrons. The number of carbonyl (C=O) groups excluding carboxylic acids is 2. The predicted molar refractivity (Wildman–Crippen MR) is 99.0 cm³/mol. The number of fused-ring (bicyclic) bond motifs is 1. The number of aromatic hydroxyl groups is 2. The van der Waals surface area contributed by atoms with Gasteiger partial charge in [-0.15, -0.1) is 0 Å². The molecule has 0 aliphatic rings. The normalized spacial score (nSPS) is 11.3. The van der Waals surface area contributed by atoms with E-state index in [0.29, 0.717) is 24.8 Å². The van der Waals surface area contributed by atoms with E-state index in [9.17, 15) is 19.8 Å². The topological polar surface area (TPSA) is 118 Å². The number of hydrogen-bond acceptors (Lipinski definition) is 7. The van der Waals surface area contributed by atoms with Crippen LogP contribution in [0.2, 0.25) is 0 Å². The van der Waals surface area contributed by atoms with Crippen molar-refractivity contribution in [3.8, 4) is 11.5 Å². The molecule has 0 spiro atoms. The monoisotopic (exact) mass is 376 g/mol. The lowest BCUT2D eigenvalue weighted by Gasteiger charge is -2.19. The summed E-state index contributed by atoms with van der Waals surface area (Å²) in [7, 11) is 1.21. The Morgan fingerprint density at radius 1 is 1.15 bits per heavy atom. The number of rotatable bonds is 5. The number of phenols is 1. The van der Waals surface area contributed by atoms with Gasteiger partial charge in [-0.1, -0.05) is 0 Å². The molecule has 0 atom stereocenters. The number of aromatic nitrogens is 1. The number of amides is 1. The molecule has 1 heterocycles. The lowest BCUT2D eigenvalue weighted by Crippen LogP contribution is -2.33. The molecule has 0 aliphatic heterocycles. The SMILES string of the molecule is COC(=O)c1cc(O)c2cc(CCCNC(=O)OC(C)(C)C)cc(O)c2n1. The van der Waals surface area contributed by atoms with E-state index in [1.54, 1.807) is 26.8 Å². The molecule has 1 amide bonds. The summed E-state index contributed by atoms with van der Waals surface area (Å²) in [6, 6.07) is 4.40. The van der Waals surface area contributed by atoms with Crippen molar-refractivity contribution in [2.45, 2.75) is 39.2 Å². The van der Waals surface area contributed by atoms with Crippen molar-refractivity contribution in [1.29, 1.82) is 0 Å². The van der Waals surface area contributed by atoms with Gasteiger partial charge in [0, 0.05) is 18.0 Å². The first-order chi connectivity index (χ1) is 12.6. The first kappa shape index (κ1) is 20.3. The second-order valence-electron chi connectivity index (χ2n) is 7.06. The number of hydrogen-bond donors (Lipinski definition) is 3. The van der Waals surface area contributed by atoms with E-state index < -0.39 is 17.7 Å². The third-order valence-corrected chi connectivity index (χ3v) is 3.64. The molecule has 3 N–H and O–H groups in total. The maximum atomic E-state index is 11.6. The minimum absolute atomic E-state index is 0.0906. The van der Waals surface area contributed by atoms with Gasteiger partial charge in [0.1, 0.15) is 22.6 Å². The number of carbonyl (C=O) groups is 2. The molecule has 0 saturated heterocycles. The lowest BCUT2D eigenvalue weighted by molar-refractivity contribution is 0.0526. The van der Waals surface area contributed by atoms with Crippen molar-refractivity contribution in [1.82, 2.24) is 10.3 Å². The van der Waals surface area contributed by atoms with Crippen LogP contribution in [-0.2, 0) is 15.9 Å². The summed E-state index contributed by atoms with van der Waals surface area (Å²) in [5, 5.41) is 23.4. The van der Waals surface area contributed by atoms with E-state index in [0.717, 1.165) is 5.56 Å². The fourth-order valence-corrected chi connectivity index (χ4v) is 2.50. The Bertz CT molecular complexity index is 857. The molecule has 0 bridgehead atoms. The Balaban J connectivity index is 2.07. The number of alkyl carbamates (subject to hydrolysis) is 1. The number of ether oxygens (including phenoxy) is 2. The van der Waals surface area contributed by atoms with Gasteiger partial charge in [-0.05, 0) is 51.3 Å². The van der Waals surface area contributed by atoms with Crippen LogP contribution in [0.15, 0.2) is 18.2 Å². The van der Waals surface area contributed by atoms with E-state index >= 15 is 0 Å². The zero-order valence-electron chi connectivity index (χ0n) is 15.8. The first-order valence-electron chi connectivity index (χ1n) is 8.51. The fourth-order valence-electron chi connectivity index (χ4n) is 2.50. The minimum Gasteiger partial charge on any atom is -0.507 e. The molecule has 2 rings (SSSR count). The fraction of sp³-hybridized carbons (Fsp3) is 0.421. The zero-order valence-corrected chi connectivity index (χ0v) is 15.8. The summed E-state index contributed by atoms with van der Waals surface area (Å²) in [5.41, 5.74) is 0.231. The molecular formula is C19H24N2O6. The highest BCUT2D eigenvalue weighted by molar-refractivity contribution is 5.96. The Kier molecular flexibility index (Phi) is 6.09. The highest BCUT2D eigenvalue weighted by Gasteiger charge is 2.16. The first-order valence-corrected chi connectivity index (χ1v) is 8.51. The molecule has 8 heteroatoms. The molecule has 2 aromatic rings. The number of phenolic OH excluding ortho intramolecular Hbond substituents is 1. The maximum absolute atomic E-state index is 11.6. The third kappa shape index (κ3) is 5.47. The van der Waals surface area contributed by atoms with E-state index in [1.165, 1.54) is 19.2 Å². The van der Waals surface area contributed by atoms with Gasteiger partial charge in [0.15, 0.2) is 5.69 Å². The number of pyridine rings is 1. The van der Waals surface area contributed by atoms with Gasteiger partial charge in [-0.3, -0.25) is 0 Å². The van der Waals surface area contributed by atoms with Crippen molar-refractivity contribution in [3.05, 3.63) is 29.5 Å². The van der Waals surface area contributed by atoms with Crippen LogP contribution in [0.4, 0.5) is 4.79 Å². The molecule has 0 aliphatic carbocycles. The van der Waals surface area contributed by atoms with Crippen molar-refractivity contribution in [2.24, 2.45) is 0 Å². The van der Waals surface area contributed by atoms with Gasteiger partial charge in [-0.2, -0.15) is 0 Å². The van der Waals surface area contributed by atoms with Crippen LogP contribution in [0.1, 0.15) is 43.2 Å². The molecule has 27 heavy (non-hydrogen) atoms. The van der Waals surface area contributed by atoms with Gasteiger partial charge < -0.3 is 25.0 Å².